The molecule has 2 amide bonds. The molecular weight excluding hydrogens is 396 g/mol. The topological polar surface area (TPSA) is 77.1 Å². The fourth-order valence-corrected chi connectivity index (χ4v) is 3.77. The second kappa shape index (κ2) is 8.71. The Morgan fingerprint density at radius 1 is 0.871 bits per heavy atom. The van der Waals surface area contributed by atoms with Crippen LogP contribution < -0.4 is 19.5 Å². The first kappa shape index (κ1) is 22.2. The third-order valence-corrected chi connectivity index (χ3v) is 5.22. The molecule has 31 heavy (non-hydrogen) atoms. The Labute approximate surface area is 182 Å². The second-order valence-corrected chi connectivity index (χ2v) is 7.68. The standard InChI is InChI=1S/C24H28N2O5/c1-13(2)26-23(27)20(17-9-8-14(3)10-15(17)4)21(24(26)28)25-16-11-18(29-5)22(31-7)19(12-16)30-6/h8-13,25H,1-7H3. The molecule has 1 aliphatic rings. The van der Waals surface area contributed by atoms with Gasteiger partial charge in [-0.25, -0.2) is 0 Å². The third-order valence-electron chi connectivity index (χ3n) is 5.22. The van der Waals surface area contributed by atoms with Crippen LogP contribution in [0, 0.1) is 13.8 Å². The van der Waals surface area contributed by atoms with Crippen LogP contribution in [0.25, 0.3) is 5.57 Å². The normalized spacial score (nSPS) is 13.9. The molecule has 0 atom stereocenters. The van der Waals surface area contributed by atoms with Crippen LogP contribution in [-0.4, -0.2) is 44.1 Å². The number of ether oxygens (including phenoxy) is 3. The lowest BCUT2D eigenvalue weighted by Gasteiger charge is -2.19. The average molecular weight is 424 g/mol. The molecular formula is C24H28N2O5. The van der Waals surface area contributed by atoms with Gasteiger partial charge < -0.3 is 19.5 Å². The number of aryl methyl sites for hydroxylation is 2. The summed E-state index contributed by atoms with van der Waals surface area (Å²) >= 11 is 0. The van der Waals surface area contributed by atoms with E-state index in [4.69, 9.17) is 14.2 Å². The van der Waals surface area contributed by atoms with Gasteiger partial charge in [0.2, 0.25) is 5.75 Å². The number of imide groups is 1. The first-order valence-electron chi connectivity index (χ1n) is 10.00. The Balaban J connectivity index is 2.18. The van der Waals surface area contributed by atoms with Gasteiger partial charge in [0.15, 0.2) is 11.5 Å². The van der Waals surface area contributed by atoms with Gasteiger partial charge >= 0.3 is 0 Å². The van der Waals surface area contributed by atoms with Gasteiger partial charge in [-0.2, -0.15) is 0 Å². The highest BCUT2D eigenvalue weighted by Crippen LogP contribution is 2.41. The van der Waals surface area contributed by atoms with Crippen LogP contribution in [0.5, 0.6) is 17.2 Å². The summed E-state index contributed by atoms with van der Waals surface area (Å²) in [6.45, 7) is 7.56. The van der Waals surface area contributed by atoms with Crippen molar-refractivity contribution < 1.29 is 23.8 Å². The molecule has 1 aliphatic heterocycles. The van der Waals surface area contributed by atoms with E-state index >= 15 is 0 Å². The number of hydrogen-bond acceptors (Lipinski definition) is 6. The zero-order valence-electron chi connectivity index (χ0n) is 19.0. The van der Waals surface area contributed by atoms with E-state index in [0.29, 0.717) is 28.5 Å². The number of hydrogen-bond donors (Lipinski definition) is 1. The highest BCUT2D eigenvalue weighted by molar-refractivity contribution is 6.36. The largest absolute Gasteiger partial charge is 0.493 e. The van der Waals surface area contributed by atoms with Crippen molar-refractivity contribution in [3.05, 3.63) is 52.7 Å². The van der Waals surface area contributed by atoms with E-state index in [2.05, 4.69) is 5.32 Å². The molecule has 0 aromatic heterocycles. The van der Waals surface area contributed by atoms with Gasteiger partial charge in [-0.3, -0.25) is 14.5 Å². The molecule has 1 N–H and O–H groups in total. The van der Waals surface area contributed by atoms with Crippen molar-refractivity contribution in [1.82, 2.24) is 4.90 Å². The molecule has 3 rings (SSSR count). The fourth-order valence-electron chi connectivity index (χ4n) is 3.77. The predicted molar refractivity (Wildman–Crippen MR) is 120 cm³/mol. The highest BCUT2D eigenvalue weighted by Gasteiger charge is 2.41. The molecule has 7 heteroatoms. The zero-order chi connectivity index (χ0) is 22.9. The van der Waals surface area contributed by atoms with E-state index in [9.17, 15) is 9.59 Å². The van der Waals surface area contributed by atoms with Crippen LogP contribution in [0.3, 0.4) is 0 Å². The Bertz CT molecular complexity index is 1050. The molecule has 164 valence electrons. The summed E-state index contributed by atoms with van der Waals surface area (Å²) in [5.41, 5.74) is 3.84. The Hall–Kier alpha value is -3.48. The molecule has 0 spiro atoms. The molecule has 0 fully saturated rings. The van der Waals surface area contributed by atoms with Crippen molar-refractivity contribution in [2.24, 2.45) is 0 Å². The monoisotopic (exact) mass is 424 g/mol. The van der Waals surface area contributed by atoms with Crippen LogP contribution in [0.15, 0.2) is 36.0 Å². The number of rotatable bonds is 7. The molecule has 1 heterocycles. The Morgan fingerprint density at radius 2 is 1.48 bits per heavy atom. The van der Waals surface area contributed by atoms with Gasteiger partial charge in [-0.15, -0.1) is 0 Å². The van der Waals surface area contributed by atoms with Crippen LogP contribution in [0.1, 0.15) is 30.5 Å². The molecule has 2 aromatic rings. The number of anilines is 1. The minimum Gasteiger partial charge on any atom is -0.493 e. The van der Waals surface area contributed by atoms with E-state index < -0.39 is 0 Å². The van der Waals surface area contributed by atoms with E-state index in [-0.39, 0.29) is 23.6 Å². The van der Waals surface area contributed by atoms with E-state index in [1.165, 1.54) is 26.2 Å². The van der Waals surface area contributed by atoms with Crippen molar-refractivity contribution in [2.75, 3.05) is 26.6 Å². The maximum Gasteiger partial charge on any atom is 0.278 e. The molecule has 0 unspecified atom stereocenters. The van der Waals surface area contributed by atoms with E-state index in [1.54, 1.807) is 12.1 Å². The van der Waals surface area contributed by atoms with E-state index in [0.717, 1.165) is 16.7 Å². The minimum atomic E-state index is -0.372. The number of carbonyl (C=O) groups is 2. The average Bonchev–Trinajstić information content (AvgIpc) is 2.97. The van der Waals surface area contributed by atoms with Gasteiger partial charge in [0, 0.05) is 23.9 Å². The van der Waals surface area contributed by atoms with Gasteiger partial charge in [-0.1, -0.05) is 23.8 Å². The maximum absolute atomic E-state index is 13.3. The molecule has 2 aromatic carbocycles. The quantitative estimate of drug-likeness (QED) is 0.679. The molecule has 0 aliphatic carbocycles. The van der Waals surface area contributed by atoms with E-state index in [1.807, 2.05) is 45.9 Å². The van der Waals surface area contributed by atoms with Crippen LogP contribution >= 0.6 is 0 Å². The summed E-state index contributed by atoms with van der Waals surface area (Å²) < 4.78 is 16.2. The van der Waals surface area contributed by atoms with Crippen molar-refractivity contribution in [1.29, 1.82) is 0 Å². The Morgan fingerprint density at radius 3 is 1.97 bits per heavy atom. The molecule has 0 saturated heterocycles. The summed E-state index contributed by atoms with van der Waals surface area (Å²) in [5, 5.41) is 3.15. The third kappa shape index (κ3) is 3.95. The summed E-state index contributed by atoms with van der Waals surface area (Å²) in [6.07, 6.45) is 0. The number of amides is 2. The SMILES string of the molecule is COc1cc(NC2=C(c3ccc(C)cc3C)C(=O)N(C(C)C)C2=O)cc(OC)c1OC. The predicted octanol–water partition coefficient (Wildman–Crippen LogP) is 3.93. The van der Waals surface area contributed by atoms with Gasteiger partial charge in [0.05, 0.1) is 26.9 Å². The smallest absolute Gasteiger partial charge is 0.278 e. The summed E-state index contributed by atoms with van der Waals surface area (Å²) in [4.78, 5) is 27.8. The van der Waals surface area contributed by atoms with Gasteiger partial charge in [0.25, 0.3) is 11.8 Å². The highest BCUT2D eigenvalue weighted by atomic mass is 16.5. The van der Waals surface area contributed by atoms with Crippen molar-refractivity contribution >= 4 is 23.1 Å². The van der Waals surface area contributed by atoms with Crippen molar-refractivity contribution in [3.8, 4) is 17.2 Å². The first-order chi connectivity index (χ1) is 14.7. The zero-order valence-corrected chi connectivity index (χ0v) is 19.0. The summed E-state index contributed by atoms with van der Waals surface area (Å²) in [5.74, 6) is 0.633. The first-order valence-corrected chi connectivity index (χ1v) is 10.00. The lowest BCUT2D eigenvalue weighted by molar-refractivity contribution is -0.138. The lowest BCUT2D eigenvalue weighted by Crippen LogP contribution is -2.38. The van der Waals surface area contributed by atoms with Gasteiger partial charge in [0.1, 0.15) is 5.70 Å². The number of carbonyl (C=O) groups excluding carboxylic acids is 2. The summed E-state index contributed by atoms with van der Waals surface area (Å²) in [6, 6.07) is 8.93. The minimum absolute atomic E-state index is 0.222. The molecule has 0 saturated carbocycles. The van der Waals surface area contributed by atoms with Crippen LogP contribution in [-0.2, 0) is 9.59 Å². The number of methoxy groups -OCH3 is 3. The van der Waals surface area contributed by atoms with Gasteiger partial charge in [-0.05, 0) is 38.8 Å². The fraction of sp³-hybridized carbons (Fsp3) is 0.333. The van der Waals surface area contributed by atoms with Crippen LogP contribution in [0.2, 0.25) is 0 Å². The molecule has 0 bridgehead atoms. The number of nitrogens with one attached hydrogen (secondary N) is 1. The summed E-state index contributed by atoms with van der Waals surface area (Å²) in [7, 11) is 4.56. The van der Waals surface area contributed by atoms with Crippen molar-refractivity contribution in [3.63, 3.8) is 0 Å². The number of benzene rings is 2. The maximum atomic E-state index is 13.3. The lowest BCUT2D eigenvalue weighted by atomic mass is 9.97. The molecule has 7 nitrogen and oxygen atoms in total. The molecule has 0 radical (unpaired) electrons. The van der Waals surface area contributed by atoms with Crippen LogP contribution in [0.4, 0.5) is 5.69 Å². The number of nitrogens with zero attached hydrogens (tertiary/aromatic N) is 1. The second-order valence-electron chi connectivity index (χ2n) is 7.68. The Kier molecular flexibility index (Phi) is 6.24. The van der Waals surface area contributed by atoms with Crippen molar-refractivity contribution in [2.45, 2.75) is 33.7 Å².